The highest BCUT2D eigenvalue weighted by Gasteiger charge is 2.49. The Kier molecular flexibility index (Phi) is 5.59. The number of rotatable bonds is 8. The number of unbranched alkanes of at least 4 members (excludes halogenated alkanes) is 1. The van der Waals surface area contributed by atoms with Gasteiger partial charge in [-0.25, -0.2) is 0 Å². The Bertz CT molecular complexity index is 745. The molecule has 2 N–H and O–H groups in total. The molecule has 2 fully saturated rings. The summed E-state index contributed by atoms with van der Waals surface area (Å²) in [6.07, 6.45) is 5.42. The maximum Gasteiger partial charge on any atom is 0.233 e. The van der Waals surface area contributed by atoms with Gasteiger partial charge in [0.05, 0.1) is 39.1 Å². The molecule has 2 aliphatic heterocycles. The summed E-state index contributed by atoms with van der Waals surface area (Å²) in [5.41, 5.74) is 2.14. The standard InChI is InChI=1S/C20H27N3O3S/c24-19-15-6-4-7-16(15)20(25)23(19)12-2-1-10-21-11-9-14-5-3-8-17-18(14)27(26)13-22-17/h3,5,8,15-16,21-22H,1-2,4,6-7,9-13H2. The number of nitrogens with zero attached hydrogens (tertiary/aromatic N) is 1. The molecule has 7 heteroatoms. The van der Waals surface area contributed by atoms with Crippen molar-refractivity contribution < 1.29 is 13.8 Å². The number of hydrogen-bond acceptors (Lipinski definition) is 5. The van der Waals surface area contributed by atoms with Crippen LogP contribution >= 0.6 is 0 Å². The molecule has 0 aromatic heterocycles. The van der Waals surface area contributed by atoms with Gasteiger partial charge < -0.3 is 10.6 Å². The lowest BCUT2D eigenvalue weighted by molar-refractivity contribution is -0.140. The van der Waals surface area contributed by atoms with Crippen LogP contribution in [0, 0.1) is 11.8 Å². The fourth-order valence-corrected chi connectivity index (χ4v) is 5.83. The molecular weight excluding hydrogens is 362 g/mol. The molecule has 146 valence electrons. The highest BCUT2D eigenvalue weighted by molar-refractivity contribution is 7.85. The van der Waals surface area contributed by atoms with Crippen molar-refractivity contribution in [3.05, 3.63) is 23.8 Å². The van der Waals surface area contributed by atoms with Crippen LogP contribution in [0.1, 0.15) is 37.7 Å². The summed E-state index contributed by atoms with van der Waals surface area (Å²) in [4.78, 5) is 27.1. The van der Waals surface area contributed by atoms with Gasteiger partial charge in [0.15, 0.2) is 0 Å². The smallest absolute Gasteiger partial charge is 0.233 e. The number of nitrogens with one attached hydrogen (secondary N) is 2. The lowest BCUT2D eigenvalue weighted by Gasteiger charge is -2.15. The van der Waals surface area contributed by atoms with Crippen molar-refractivity contribution in [3.63, 3.8) is 0 Å². The van der Waals surface area contributed by atoms with E-state index >= 15 is 0 Å². The van der Waals surface area contributed by atoms with Gasteiger partial charge in [0.25, 0.3) is 0 Å². The van der Waals surface area contributed by atoms with Crippen LogP contribution < -0.4 is 10.6 Å². The lowest BCUT2D eigenvalue weighted by Crippen LogP contribution is -2.33. The minimum Gasteiger partial charge on any atom is -0.372 e. The number of imide groups is 1. The van der Waals surface area contributed by atoms with Crippen molar-refractivity contribution in [3.8, 4) is 0 Å². The average Bonchev–Trinajstić information content (AvgIpc) is 3.35. The first-order valence-electron chi connectivity index (χ1n) is 9.97. The third kappa shape index (κ3) is 3.67. The van der Waals surface area contributed by atoms with Crippen LogP contribution in [-0.4, -0.2) is 46.4 Å². The van der Waals surface area contributed by atoms with Gasteiger partial charge >= 0.3 is 0 Å². The lowest BCUT2D eigenvalue weighted by atomic mass is 10.00. The zero-order valence-corrected chi connectivity index (χ0v) is 16.4. The number of hydrogen-bond donors (Lipinski definition) is 2. The van der Waals surface area contributed by atoms with E-state index in [0.29, 0.717) is 12.4 Å². The molecule has 1 saturated carbocycles. The molecule has 6 nitrogen and oxygen atoms in total. The molecule has 0 bridgehead atoms. The fraction of sp³-hybridized carbons (Fsp3) is 0.600. The van der Waals surface area contributed by atoms with Gasteiger partial charge in [0, 0.05) is 6.54 Å². The second-order valence-electron chi connectivity index (χ2n) is 7.64. The predicted octanol–water partition coefficient (Wildman–Crippen LogP) is 1.87. The van der Waals surface area contributed by atoms with Crippen LogP contribution in [0.5, 0.6) is 0 Å². The van der Waals surface area contributed by atoms with Crippen molar-refractivity contribution >= 4 is 28.3 Å². The largest absolute Gasteiger partial charge is 0.372 e. The summed E-state index contributed by atoms with van der Waals surface area (Å²) in [6, 6.07) is 6.03. The van der Waals surface area contributed by atoms with E-state index in [1.54, 1.807) is 0 Å². The molecule has 1 aliphatic carbocycles. The van der Waals surface area contributed by atoms with Crippen molar-refractivity contribution in [2.24, 2.45) is 11.8 Å². The molecule has 1 saturated heterocycles. The van der Waals surface area contributed by atoms with Crippen molar-refractivity contribution in [1.82, 2.24) is 10.2 Å². The maximum absolute atomic E-state index is 12.3. The summed E-state index contributed by atoms with van der Waals surface area (Å²) in [7, 11) is -0.938. The summed E-state index contributed by atoms with van der Waals surface area (Å²) in [5, 5.41) is 6.60. The molecule has 3 unspecified atom stereocenters. The summed E-state index contributed by atoms with van der Waals surface area (Å²) in [6.45, 7) is 2.25. The summed E-state index contributed by atoms with van der Waals surface area (Å²) < 4.78 is 12.1. The quantitative estimate of drug-likeness (QED) is 0.524. The van der Waals surface area contributed by atoms with Crippen LogP contribution in [0.2, 0.25) is 0 Å². The monoisotopic (exact) mass is 389 g/mol. The minimum atomic E-state index is -0.938. The Labute approximate surface area is 162 Å². The molecule has 4 rings (SSSR count). The number of amides is 2. The first kappa shape index (κ1) is 18.6. The van der Waals surface area contributed by atoms with Gasteiger partial charge in [-0.2, -0.15) is 0 Å². The number of carbonyl (C=O) groups excluding carboxylic acids is 2. The van der Waals surface area contributed by atoms with E-state index in [2.05, 4.69) is 10.6 Å². The third-order valence-corrected chi connectivity index (χ3v) is 7.30. The Balaban J connectivity index is 1.15. The Morgan fingerprint density at radius 2 is 1.89 bits per heavy atom. The van der Waals surface area contributed by atoms with Gasteiger partial charge in [0.1, 0.15) is 0 Å². The zero-order valence-electron chi connectivity index (χ0n) is 15.5. The molecule has 1 aromatic carbocycles. The number of benzene rings is 1. The second kappa shape index (κ2) is 8.10. The van der Waals surface area contributed by atoms with E-state index in [9.17, 15) is 13.8 Å². The summed E-state index contributed by atoms with van der Waals surface area (Å²) in [5.74, 6) is 0.589. The molecule has 0 spiro atoms. The van der Waals surface area contributed by atoms with Crippen LogP contribution in [0.15, 0.2) is 23.1 Å². The van der Waals surface area contributed by atoms with Crippen molar-refractivity contribution in [2.75, 3.05) is 30.8 Å². The molecule has 27 heavy (non-hydrogen) atoms. The Morgan fingerprint density at radius 1 is 1.11 bits per heavy atom. The van der Waals surface area contributed by atoms with E-state index in [0.717, 1.165) is 67.8 Å². The summed E-state index contributed by atoms with van der Waals surface area (Å²) >= 11 is 0. The highest BCUT2D eigenvalue weighted by atomic mass is 32.2. The molecule has 3 atom stereocenters. The van der Waals surface area contributed by atoms with Crippen LogP contribution in [-0.2, 0) is 26.8 Å². The van der Waals surface area contributed by atoms with E-state index in [1.165, 1.54) is 4.90 Å². The van der Waals surface area contributed by atoms with E-state index in [4.69, 9.17) is 0 Å². The fourth-order valence-electron chi connectivity index (χ4n) is 4.55. The first-order chi connectivity index (χ1) is 13.2. The van der Waals surface area contributed by atoms with E-state index in [1.807, 2.05) is 18.2 Å². The molecular formula is C20H27N3O3S. The average molecular weight is 390 g/mol. The first-order valence-corrected chi connectivity index (χ1v) is 11.3. The van der Waals surface area contributed by atoms with Crippen LogP contribution in [0.4, 0.5) is 5.69 Å². The predicted molar refractivity (Wildman–Crippen MR) is 105 cm³/mol. The molecule has 0 radical (unpaired) electrons. The maximum atomic E-state index is 12.3. The number of carbonyl (C=O) groups is 2. The van der Waals surface area contributed by atoms with Gasteiger partial charge in [-0.3, -0.25) is 18.7 Å². The zero-order chi connectivity index (χ0) is 18.8. The molecule has 1 aromatic rings. The van der Waals surface area contributed by atoms with Crippen LogP contribution in [0.3, 0.4) is 0 Å². The number of likely N-dealkylation sites (tertiary alicyclic amines) is 1. The molecule has 2 amide bonds. The molecule has 2 heterocycles. The Hall–Kier alpha value is -1.73. The van der Waals surface area contributed by atoms with Crippen LogP contribution in [0.25, 0.3) is 0 Å². The van der Waals surface area contributed by atoms with E-state index in [-0.39, 0.29) is 23.7 Å². The van der Waals surface area contributed by atoms with Crippen molar-refractivity contribution in [2.45, 2.75) is 43.4 Å². The van der Waals surface area contributed by atoms with Gasteiger partial charge in [0.2, 0.25) is 11.8 Å². The van der Waals surface area contributed by atoms with E-state index < -0.39 is 10.8 Å². The number of anilines is 1. The highest BCUT2D eigenvalue weighted by Crippen LogP contribution is 2.39. The minimum absolute atomic E-state index is 0.0248. The third-order valence-electron chi connectivity index (χ3n) is 5.96. The number of fused-ring (bicyclic) bond motifs is 2. The van der Waals surface area contributed by atoms with Gasteiger partial charge in [-0.1, -0.05) is 18.6 Å². The normalized spacial score (nSPS) is 26.4. The Morgan fingerprint density at radius 3 is 2.67 bits per heavy atom. The molecule has 3 aliphatic rings. The van der Waals surface area contributed by atoms with Gasteiger partial charge in [-0.05, 0) is 56.8 Å². The van der Waals surface area contributed by atoms with Gasteiger partial charge in [-0.15, -0.1) is 0 Å². The topological polar surface area (TPSA) is 78.5 Å². The van der Waals surface area contributed by atoms with Crippen molar-refractivity contribution in [1.29, 1.82) is 0 Å². The second-order valence-corrected chi connectivity index (χ2v) is 9.03. The SMILES string of the molecule is O=C1C2CCCC2C(=O)N1CCCCNCCc1cccc2c1S(=O)CN2.